The molecule has 0 fully saturated rings. The third-order valence-corrected chi connectivity index (χ3v) is 18.2. The summed E-state index contributed by atoms with van der Waals surface area (Å²) in [5.41, 5.74) is 10.6. The van der Waals surface area contributed by atoms with Crippen LogP contribution in [-0.2, 0) is 0 Å². The third kappa shape index (κ3) is 7.48. The Kier molecular flexibility index (Phi) is 10.9. The van der Waals surface area contributed by atoms with Crippen LogP contribution in [0.1, 0.15) is 5.56 Å². The quantitative estimate of drug-likeness (QED) is 0.101. The molecule has 0 bridgehead atoms. The molecule has 0 aliphatic carbocycles. The molecule has 0 saturated carbocycles. The van der Waals surface area contributed by atoms with Gasteiger partial charge in [-0.25, -0.2) is 15.0 Å². The lowest BCUT2D eigenvalue weighted by Gasteiger charge is -2.34. The maximum absolute atomic E-state index is 9.81. The highest BCUT2D eigenvalue weighted by Gasteiger charge is 2.41. The summed E-state index contributed by atoms with van der Waals surface area (Å²) in [6.45, 7) is 0. The zero-order chi connectivity index (χ0) is 46.9. The number of hydrogen-bond donors (Lipinski definition) is 0. The van der Waals surface area contributed by atoms with E-state index in [1.807, 2.05) is 54.6 Å². The van der Waals surface area contributed by atoms with E-state index in [1.165, 1.54) is 20.7 Å². The van der Waals surface area contributed by atoms with Crippen LogP contribution in [0.3, 0.4) is 0 Å². The Morgan fingerprint density at radius 2 is 0.814 bits per heavy atom. The molecule has 0 amide bonds. The molecule has 0 unspecified atom stereocenters. The minimum Gasteiger partial charge on any atom is -0.309 e. The second-order valence-corrected chi connectivity index (χ2v) is 21.3. The minimum absolute atomic E-state index is 0.583. The molecule has 0 radical (unpaired) electrons. The van der Waals surface area contributed by atoms with Crippen molar-refractivity contribution in [2.45, 2.75) is 0 Å². The van der Waals surface area contributed by atoms with Gasteiger partial charge in [0.1, 0.15) is 0 Å². The van der Waals surface area contributed by atoms with Gasteiger partial charge in [-0.3, -0.25) is 0 Å². The molecule has 5 nitrogen and oxygen atoms in total. The minimum atomic E-state index is -2.92. The van der Waals surface area contributed by atoms with Gasteiger partial charge in [0.2, 0.25) is 0 Å². The molecule has 12 aromatic rings. The van der Waals surface area contributed by atoms with E-state index in [1.54, 1.807) is 0 Å². The molecule has 0 N–H and O–H groups in total. The fourth-order valence-corrected chi connectivity index (χ4v) is 15.0. The van der Waals surface area contributed by atoms with Gasteiger partial charge in [0.15, 0.2) is 25.5 Å². The topological polar surface area (TPSA) is 67.4 Å². The average molecular weight is 910 g/mol. The highest BCUT2D eigenvalue weighted by Crippen LogP contribution is 2.39. The molecule has 0 aliphatic heterocycles. The molecule has 0 saturated heterocycles. The number of fused-ring (bicyclic) bond motifs is 3. The van der Waals surface area contributed by atoms with Crippen LogP contribution in [0.4, 0.5) is 0 Å². The van der Waals surface area contributed by atoms with Crippen LogP contribution in [0.25, 0.3) is 83.9 Å². The number of benzene rings is 10. The summed E-state index contributed by atoms with van der Waals surface area (Å²) in [6, 6.07) is 94.7. The van der Waals surface area contributed by atoms with Gasteiger partial charge < -0.3 is 4.57 Å². The summed E-state index contributed by atoms with van der Waals surface area (Å²) < 4.78 is 2.37. The molecule has 0 atom stereocenters. The van der Waals surface area contributed by atoms with Gasteiger partial charge in [0.05, 0.1) is 22.7 Å². The Bertz CT molecular complexity index is 3730. The SMILES string of the molecule is N#Cc1cccc(-c2ccc3c4ccccc4n(-c4ccc(-c5nc(-c6ccccc6)nc(-c6ccccc6)n5)c(-c5cccc([Si](c6ccccc6)(c6ccccc6)c6ccccc6)c5)c4)c3c2)c1. The Labute approximate surface area is 408 Å². The van der Waals surface area contributed by atoms with Crippen molar-refractivity contribution in [3.05, 3.63) is 266 Å². The molecular formula is C64H43N5Si. The highest BCUT2D eigenvalue weighted by atomic mass is 28.3. The Morgan fingerprint density at radius 3 is 1.43 bits per heavy atom. The molecule has 328 valence electrons. The first-order valence-electron chi connectivity index (χ1n) is 23.5. The van der Waals surface area contributed by atoms with Crippen molar-refractivity contribution in [1.82, 2.24) is 19.5 Å². The van der Waals surface area contributed by atoms with Crippen LogP contribution in [-0.4, -0.2) is 27.6 Å². The average Bonchev–Trinajstić information content (AvgIpc) is 3.78. The summed E-state index contributed by atoms with van der Waals surface area (Å²) in [7, 11) is -2.92. The molecule has 2 aromatic heterocycles. The van der Waals surface area contributed by atoms with E-state index in [9.17, 15) is 5.26 Å². The van der Waals surface area contributed by atoms with E-state index in [0.717, 1.165) is 66.4 Å². The first kappa shape index (κ1) is 42.1. The highest BCUT2D eigenvalue weighted by molar-refractivity contribution is 7.19. The normalized spacial score (nSPS) is 11.4. The summed E-state index contributed by atoms with van der Waals surface area (Å²) in [4.78, 5) is 15.7. The van der Waals surface area contributed by atoms with Crippen molar-refractivity contribution in [2.24, 2.45) is 0 Å². The largest absolute Gasteiger partial charge is 0.309 e. The van der Waals surface area contributed by atoms with Gasteiger partial charge in [0, 0.05) is 33.2 Å². The predicted molar refractivity (Wildman–Crippen MR) is 290 cm³/mol. The zero-order valence-electron chi connectivity index (χ0n) is 38.1. The van der Waals surface area contributed by atoms with E-state index in [0.29, 0.717) is 23.0 Å². The second-order valence-electron chi connectivity index (χ2n) is 17.5. The lowest BCUT2D eigenvalue weighted by Crippen LogP contribution is -2.74. The Morgan fingerprint density at radius 1 is 0.329 bits per heavy atom. The molecule has 0 aliphatic rings. The molecule has 12 rings (SSSR count). The van der Waals surface area contributed by atoms with E-state index in [2.05, 4.69) is 217 Å². The molecular weight excluding hydrogens is 867 g/mol. The number of hydrogen-bond acceptors (Lipinski definition) is 4. The van der Waals surface area contributed by atoms with E-state index >= 15 is 0 Å². The molecule has 6 heteroatoms. The van der Waals surface area contributed by atoms with Crippen molar-refractivity contribution in [2.75, 3.05) is 0 Å². The first-order valence-corrected chi connectivity index (χ1v) is 25.5. The smallest absolute Gasteiger partial charge is 0.179 e. The summed E-state index contributed by atoms with van der Waals surface area (Å²) in [6.07, 6.45) is 0. The maximum Gasteiger partial charge on any atom is 0.179 e. The van der Waals surface area contributed by atoms with Gasteiger partial charge in [-0.15, -0.1) is 0 Å². The number of para-hydroxylation sites is 1. The maximum atomic E-state index is 9.81. The standard InChI is InChI=1S/C64H43N5Si/c65-44-45-20-18-25-48(40-45)49-36-38-57-56-34-16-17-35-60(56)69(61(57)42-49)51-37-39-58(64-67-62(46-21-6-1-7-22-46)66-63(68-64)47-23-8-2-9-24-47)59(43-51)50-26-19-33-55(41-50)70(52-27-10-3-11-28-52,53-29-12-4-13-30-53)54-31-14-5-15-32-54/h1-43H. The van der Waals surface area contributed by atoms with Crippen LogP contribution >= 0.6 is 0 Å². The van der Waals surface area contributed by atoms with E-state index in [4.69, 9.17) is 15.0 Å². The Balaban J connectivity index is 1.15. The number of nitriles is 1. The summed E-state index contributed by atoms with van der Waals surface area (Å²) >= 11 is 0. The Hall–Kier alpha value is -9.28. The number of aromatic nitrogens is 4. The van der Waals surface area contributed by atoms with Crippen LogP contribution in [0.15, 0.2) is 261 Å². The van der Waals surface area contributed by atoms with Crippen molar-refractivity contribution in [3.8, 4) is 68.2 Å². The van der Waals surface area contributed by atoms with Crippen LogP contribution in [0, 0.1) is 11.3 Å². The van der Waals surface area contributed by atoms with Crippen molar-refractivity contribution in [3.63, 3.8) is 0 Å². The van der Waals surface area contributed by atoms with Crippen LogP contribution in [0.2, 0.25) is 0 Å². The summed E-state index contributed by atoms with van der Waals surface area (Å²) in [5, 5.41) is 17.3. The van der Waals surface area contributed by atoms with E-state index in [-0.39, 0.29) is 0 Å². The number of rotatable bonds is 10. The zero-order valence-corrected chi connectivity index (χ0v) is 39.1. The third-order valence-electron chi connectivity index (χ3n) is 13.4. The number of nitrogens with zero attached hydrogens (tertiary/aromatic N) is 5. The van der Waals surface area contributed by atoms with Gasteiger partial charge >= 0.3 is 0 Å². The fraction of sp³-hybridized carbons (Fsp3) is 0. The van der Waals surface area contributed by atoms with Gasteiger partial charge in [-0.1, -0.05) is 218 Å². The van der Waals surface area contributed by atoms with Gasteiger partial charge in [0.25, 0.3) is 0 Å². The first-order chi connectivity index (χ1) is 34.7. The second kappa shape index (κ2) is 18.1. The molecule has 70 heavy (non-hydrogen) atoms. The van der Waals surface area contributed by atoms with Gasteiger partial charge in [-0.05, 0) is 85.5 Å². The fourth-order valence-electron chi connectivity index (χ4n) is 10.2. The van der Waals surface area contributed by atoms with E-state index < -0.39 is 8.07 Å². The molecule has 0 spiro atoms. The molecule has 10 aromatic carbocycles. The van der Waals surface area contributed by atoms with Gasteiger partial charge in [-0.2, -0.15) is 5.26 Å². The molecule has 2 heterocycles. The monoisotopic (exact) mass is 909 g/mol. The predicted octanol–water partition coefficient (Wildman–Crippen LogP) is 12.6. The van der Waals surface area contributed by atoms with Crippen molar-refractivity contribution in [1.29, 1.82) is 5.26 Å². The lowest BCUT2D eigenvalue weighted by molar-refractivity contribution is 1.07. The lowest BCUT2D eigenvalue weighted by atomic mass is 9.97. The van der Waals surface area contributed by atoms with Crippen molar-refractivity contribution >= 4 is 50.6 Å². The summed E-state index contributed by atoms with van der Waals surface area (Å²) in [5.74, 6) is 1.79. The van der Waals surface area contributed by atoms with Crippen LogP contribution in [0.5, 0.6) is 0 Å². The van der Waals surface area contributed by atoms with Crippen molar-refractivity contribution < 1.29 is 0 Å². The van der Waals surface area contributed by atoms with Crippen LogP contribution < -0.4 is 20.7 Å².